The van der Waals surface area contributed by atoms with E-state index in [1.54, 1.807) is 22.1 Å². The Labute approximate surface area is 290 Å². The van der Waals surface area contributed by atoms with Crippen LogP contribution in [0.1, 0.15) is 38.9 Å². The highest BCUT2D eigenvalue weighted by atomic mass is 19.4. The van der Waals surface area contributed by atoms with Gasteiger partial charge in [0.2, 0.25) is 0 Å². The summed E-state index contributed by atoms with van der Waals surface area (Å²) >= 11 is 0. The van der Waals surface area contributed by atoms with Crippen molar-refractivity contribution >= 4 is 43.6 Å². The molecule has 0 aliphatic carbocycles. The van der Waals surface area contributed by atoms with Crippen LogP contribution in [0.15, 0.2) is 103 Å². The van der Waals surface area contributed by atoms with E-state index in [2.05, 4.69) is 0 Å². The lowest BCUT2D eigenvalue weighted by molar-refractivity contribution is -0.138. The summed E-state index contributed by atoms with van der Waals surface area (Å²) in [4.78, 5) is 0. The van der Waals surface area contributed by atoms with E-state index in [-0.39, 0.29) is 22.5 Å². The van der Waals surface area contributed by atoms with Gasteiger partial charge in [-0.2, -0.15) is 26.3 Å². The molecule has 0 aliphatic heterocycles. The van der Waals surface area contributed by atoms with Gasteiger partial charge in [0.15, 0.2) is 0 Å². The average Bonchev–Trinajstić information content (AvgIpc) is 3.53. The predicted molar refractivity (Wildman–Crippen MR) is 194 cm³/mol. The van der Waals surface area contributed by atoms with E-state index >= 15 is 13.2 Å². The van der Waals surface area contributed by atoms with Crippen LogP contribution in [-0.4, -0.2) is 9.13 Å². The topological polar surface area (TPSA) is 9.86 Å². The second-order valence-corrected chi connectivity index (χ2v) is 13.6. The van der Waals surface area contributed by atoms with E-state index in [1.165, 1.54) is 12.1 Å². The molecular formula is C43H32F6N2. The quantitative estimate of drug-likeness (QED) is 0.163. The van der Waals surface area contributed by atoms with Crippen molar-refractivity contribution in [2.75, 3.05) is 0 Å². The molecule has 0 aliphatic rings. The summed E-state index contributed by atoms with van der Waals surface area (Å²) in [5, 5.41) is 3.06. The molecule has 0 saturated heterocycles. The second-order valence-electron chi connectivity index (χ2n) is 13.6. The third kappa shape index (κ3) is 5.19. The van der Waals surface area contributed by atoms with Crippen molar-refractivity contribution in [3.8, 4) is 22.5 Å². The molecule has 0 N–H and O–H groups in total. The van der Waals surface area contributed by atoms with Gasteiger partial charge in [0.05, 0.1) is 44.6 Å². The van der Waals surface area contributed by atoms with Gasteiger partial charge >= 0.3 is 12.4 Å². The minimum Gasteiger partial charge on any atom is -0.309 e. The van der Waals surface area contributed by atoms with Gasteiger partial charge in [-0.3, -0.25) is 0 Å². The Balaban J connectivity index is 1.63. The Morgan fingerprint density at radius 3 is 1.20 bits per heavy atom. The fourth-order valence-corrected chi connectivity index (χ4v) is 7.63. The molecule has 0 saturated carbocycles. The first-order valence-corrected chi connectivity index (χ1v) is 16.6. The van der Waals surface area contributed by atoms with E-state index < -0.39 is 23.5 Å². The molecule has 2 heterocycles. The first-order chi connectivity index (χ1) is 24.1. The molecule has 8 aromatic rings. The maximum atomic E-state index is 15.7. The molecular weight excluding hydrogens is 658 g/mol. The van der Waals surface area contributed by atoms with Crippen molar-refractivity contribution < 1.29 is 26.3 Å². The van der Waals surface area contributed by atoms with Gasteiger partial charge in [0.1, 0.15) is 0 Å². The number of nitrogens with zero attached hydrogens (tertiary/aromatic N) is 2. The minimum absolute atomic E-state index is 0.00945. The van der Waals surface area contributed by atoms with Crippen LogP contribution in [0, 0.1) is 34.6 Å². The molecule has 0 fully saturated rings. The number of hydrogen-bond acceptors (Lipinski definition) is 0. The van der Waals surface area contributed by atoms with Gasteiger partial charge < -0.3 is 9.13 Å². The van der Waals surface area contributed by atoms with E-state index in [0.29, 0.717) is 27.6 Å². The van der Waals surface area contributed by atoms with E-state index in [9.17, 15) is 13.2 Å². The summed E-state index contributed by atoms with van der Waals surface area (Å²) < 4.78 is 95.1. The highest BCUT2D eigenvalue weighted by Gasteiger charge is 2.39. The largest absolute Gasteiger partial charge is 0.418 e. The van der Waals surface area contributed by atoms with Crippen LogP contribution in [0.3, 0.4) is 0 Å². The molecule has 0 spiro atoms. The second kappa shape index (κ2) is 11.3. The lowest BCUT2D eigenvalue weighted by Crippen LogP contribution is -2.15. The average molecular weight is 691 g/mol. The highest BCUT2D eigenvalue weighted by molar-refractivity contribution is 6.11. The Hall–Kier alpha value is -5.50. The van der Waals surface area contributed by atoms with Crippen molar-refractivity contribution in [3.05, 3.63) is 142 Å². The fraction of sp³-hybridized carbons (Fsp3) is 0.163. The Bertz CT molecular complexity index is 2600. The van der Waals surface area contributed by atoms with Gasteiger partial charge in [-0.1, -0.05) is 60.7 Å². The van der Waals surface area contributed by atoms with Crippen LogP contribution in [0.25, 0.3) is 66.1 Å². The molecule has 2 aromatic heterocycles. The molecule has 8 heteroatoms. The number of aromatic nitrogens is 2. The third-order valence-corrected chi connectivity index (χ3v) is 9.91. The van der Waals surface area contributed by atoms with Gasteiger partial charge in [-0.15, -0.1) is 0 Å². The fourth-order valence-electron chi connectivity index (χ4n) is 7.63. The molecule has 0 atom stereocenters. The molecule has 6 aromatic carbocycles. The molecule has 0 unspecified atom stereocenters. The normalized spacial score (nSPS) is 12.6. The number of alkyl halides is 6. The SMILES string of the molecule is Cc1ccc2c3ccc(C)cc3n(-c3cc(C(F)(F)F)c(-n4c5cc(C)ccc5c5ccc(C)cc54)cc3-c3c(C)cccc3C(F)(F)F)c2c1. The van der Waals surface area contributed by atoms with Crippen molar-refractivity contribution in [2.24, 2.45) is 0 Å². The van der Waals surface area contributed by atoms with E-state index in [4.69, 9.17) is 0 Å². The number of halogens is 6. The minimum atomic E-state index is -4.87. The van der Waals surface area contributed by atoms with Crippen molar-refractivity contribution in [2.45, 2.75) is 47.0 Å². The summed E-state index contributed by atoms with van der Waals surface area (Å²) in [5.74, 6) is 0. The molecule has 8 rings (SSSR count). The number of hydrogen-bond donors (Lipinski definition) is 0. The standard InChI is InChI=1S/C43H32F6N2/c1-23-9-13-28-29-14-10-24(2)18-36(29)50(35(28)17-23)39-22-34(43(47,48)49)40(21-32(39)41-27(5)7-6-8-33(41)42(44,45)46)51-37-19-25(3)11-15-30(37)31-16-12-26(4)20-38(31)51/h6-22H,1-5H3. The lowest BCUT2D eigenvalue weighted by atomic mass is 9.91. The van der Waals surface area contributed by atoms with Crippen LogP contribution in [0.4, 0.5) is 26.3 Å². The molecule has 256 valence electrons. The number of rotatable bonds is 3. The first kappa shape index (κ1) is 32.7. The van der Waals surface area contributed by atoms with Crippen molar-refractivity contribution in [1.29, 1.82) is 0 Å². The molecule has 51 heavy (non-hydrogen) atoms. The molecule has 2 nitrogen and oxygen atoms in total. The maximum Gasteiger partial charge on any atom is 0.418 e. The van der Waals surface area contributed by atoms with Gasteiger partial charge in [-0.25, -0.2) is 0 Å². The number of fused-ring (bicyclic) bond motifs is 6. The highest BCUT2D eigenvalue weighted by Crippen LogP contribution is 2.48. The van der Waals surface area contributed by atoms with Crippen molar-refractivity contribution in [1.82, 2.24) is 9.13 Å². The zero-order chi connectivity index (χ0) is 36.1. The summed E-state index contributed by atoms with van der Waals surface area (Å²) in [7, 11) is 0. The van der Waals surface area contributed by atoms with Crippen molar-refractivity contribution in [3.63, 3.8) is 0 Å². The molecule has 0 radical (unpaired) electrons. The number of aryl methyl sites for hydroxylation is 5. The monoisotopic (exact) mass is 690 g/mol. The predicted octanol–water partition coefficient (Wildman–Crippen LogP) is 13.1. The number of benzene rings is 6. The Kier molecular flexibility index (Phi) is 7.21. The third-order valence-electron chi connectivity index (χ3n) is 9.91. The smallest absolute Gasteiger partial charge is 0.309 e. The van der Waals surface area contributed by atoms with Crippen LogP contribution >= 0.6 is 0 Å². The Morgan fingerprint density at radius 1 is 0.412 bits per heavy atom. The van der Waals surface area contributed by atoms with E-state index in [0.717, 1.165) is 55.9 Å². The van der Waals surface area contributed by atoms with Gasteiger partial charge in [0.25, 0.3) is 0 Å². The van der Waals surface area contributed by atoms with Crippen LogP contribution in [0.5, 0.6) is 0 Å². The van der Waals surface area contributed by atoms with Crippen LogP contribution < -0.4 is 0 Å². The van der Waals surface area contributed by atoms with Gasteiger partial charge in [0, 0.05) is 27.1 Å². The first-order valence-electron chi connectivity index (χ1n) is 16.6. The maximum absolute atomic E-state index is 15.7. The molecule has 0 amide bonds. The zero-order valence-corrected chi connectivity index (χ0v) is 28.5. The zero-order valence-electron chi connectivity index (χ0n) is 28.5. The Morgan fingerprint density at radius 2 is 0.804 bits per heavy atom. The summed E-state index contributed by atoms with van der Waals surface area (Å²) in [6.45, 7) is 9.06. The van der Waals surface area contributed by atoms with Crippen LogP contribution in [0.2, 0.25) is 0 Å². The summed E-state index contributed by atoms with van der Waals surface area (Å²) in [6.07, 6.45) is -9.65. The van der Waals surface area contributed by atoms with Crippen LogP contribution in [-0.2, 0) is 12.4 Å². The summed E-state index contributed by atoms with van der Waals surface area (Å²) in [6, 6.07) is 28.9. The summed E-state index contributed by atoms with van der Waals surface area (Å²) in [5.41, 5.74) is 3.71. The molecule has 0 bridgehead atoms. The van der Waals surface area contributed by atoms with Gasteiger partial charge in [-0.05, 0) is 110 Å². The lowest BCUT2D eigenvalue weighted by Gasteiger charge is -2.24. The van der Waals surface area contributed by atoms with E-state index in [1.807, 2.05) is 100 Å².